The molecule has 1 aromatic rings. The van der Waals surface area contributed by atoms with E-state index in [1.165, 1.54) is 12.7 Å². The van der Waals surface area contributed by atoms with Crippen LogP contribution >= 0.6 is 0 Å². The summed E-state index contributed by atoms with van der Waals surface area (Å²) in [7, 11) is 1.42. The highest BCUT2D eigenvalue weighted by Crippen LogP contribution is 2.20. The summed E-state index contributed by atoms with van der Waals surface area (Å²) in [6.07, 6.45) is 3.47. The van der Waals surface area contributed by atoms with Gasteiger partial charge in [0.15, 0.2) is 0 Å². The lowest BCUT2D eigenvalue weighted by Crippen LogP contribution is -2.20. The zero-order valence-electron chi connectivity index (χ0n) is 10.1. The SMILES string of the molecule is COC(=O)CC1CCCC(c2ccccc2)=N1. The van der Waals surface area contributed by atoms with E-state index in [0.717, 1.165) is 25.0 Å². The lowest BCUT2D eigenvalue weighted by atomic mass is 9.96. The Morgan fingerprint density at radius 1 is 1.41 bits per heavy atom. The van der Waals surface area contributed by atoms with Gasteiger partial charge in [-0.1, -0.05) is 30.3 Å². The van der Waals surface area contributed by atoms with E-state index < -0.39 is 0 Å². The van der Waals surface area contributed by atoms with E-state index in [1.807, 2.05) is 18.2 Å². The van der Waals surface area contributed by atoms with Gasteiger partial charge >= 0.3 is 5.97 Å². The van der Waals surface area contributed by atoms with Gasteiger partial charge in [-0.05, 0) is 24.8 Å². The summed E-state index contributed by atoms with van der Waals surface area (Å²) in [4.78, 5) is 15.9. The van der Waals surface area contributed by atoms with Gasteiger partial charge in [-0.3, -0.25) is 9.79 Å². The lowest BCUT2D eigenvalue weighted by Gasteiger charge is -2.19. The van der Waals surface area contributed by atoms with E-state index in [9.17, 15) is 4.79 Å². The average molecular weight is 231 g/mol. The average Bonchev–Trinajstić information content (AvgIpc) is 2.40. The molecule has 0 amide bonds. The fourth-order valence-corrected chi connectivity index (χ4v) is 2.13. The van der Waals surface area contributed by atoms with Gasteiger partial charge in [0.25, 0.3) is 0 Å². The Morgan fingerprint density at radius 3 is 2.88 bits per heavy atom. The second kappa shape index (κ2) is 5.62. The first-order chi connectivity index (χ1) is 8.29. The number of esters is 1. The minimum Gasteiger partial charge on any atom is -0.469 e. The summed E-state index contributed by atoms with van der Waals surface area (Å²) in [5, 5.41) is 0. The summed E-state index contributed by atoms with van der Waals surface area (Å²) >= 11 is 0. The standard InChI is InChI=1S/C14H17NO2/c1-17-14(16)10-12-8-5-9-13(15-12)11-6-3-2-4-7-11/h2-4,6-7,12H,5,8-10H2,1H3. The summed E-state index contributed by atoms with van der Waals surface area (Å²) in [5.74, 6) is -0.173. The highest BCUT2D eigenvalue weighted by molar-refractivity contribution is 6.01. The molecule has 0 N–H and O–H groups in total. The number of carbonyl (C=O) groups excluding carboxylic acids is 1. The third-order valence-corrected chi connectivity index (χ3v) is 3.03. The van der Waals surface area contributed by atoms with Gasteiger partial charge in [0, 0.05) is 5.71 Å². The fourth-order valence-electron chi connectivity index (χ4n) is 2.13. The molecule has 1 heterocycles. The molecule has 1 atom stereocenters. The Labute approximate surface area is 102 Å². The molecule has 3 heteroatoms. The topological polar surface area (TPSA) is 38.7 Å². The van der Waals surface area contributed by atoms with E-state index in [4.69, 9.17) is 0 Å². The van der Waals surface area contributed by atoms with Crippen molar-refractivity contribution in [2.75, 3.05) is 7.11 Å². The number of carbonyl (C=O) groups is 1. The minimum atomic E-state index is -0.173. The first kappa shape index (κ1) is 11.8. The highest BCUT2D eigenvalue weighted by atomic mass is 16.5. The van der Waals surface area contributed by atoms with E-state index in [-0.39, 0.29) is 12.0 Å². The van der Waals surface area contributed by atoms with Gasteiger partial charge in [0.1, 0.15) is 0 Å². The van der Waals surface area contributed by atoms with Crippen LogP contribution in [0.4, 0.5) is 0 Å². The molecule has 0 fully saturated rings. The lowest BCUT2D eigenvalue weighted by molar-refractivity contribution is -0.141. The van der Waals surface area contributed by atoms with Crippen molar-refractivity contribution in [3.05, 3.63) is 35.9 Å². The van der Waals surface area contributed by atoms with Crippen LogP contribution in [0, 0.1) is 0 Å². The monoisotopic (exact) mass is 231 g/mol. The quantitative estimate of drug-likeness (QED) is 0.750. The first-order valence-electron chi connectivity index (χ1n) is 5.98. The molecule has 0 saturated carbocycles. The number of hydrogen-bond donors (Lipinski definition) is 0. The fraction of sp³-hybridized carbons (Fsp3) is 0.429. The van der Waals surface area contributed by atoms with Crippen molar-refractivity contribution < 1.29 is 9.53 Å². The molecule has 1 aromatic carbocycles. The van der Waals surface area contributed by atoms with E-state index in [1.54, 1.807) is 0 Å². The van der Waals surface area contributed by atoms with Crippen molar-refractivity contribution >= 4 is 11.7 Å². The Bertz CT molecular complexity index is 411. The molecule has 0 aromatic heterocycles. The van der Waals surface area contributed by atoms with E-state index >= 15 is 0 Å². The van der Waals surface area contributed by atoms with Crippen LogP contribution in [0.1, 0.15) is 31.2 Å². The molecule has 1 aliphatic heterocycles. The van der Waals surface area contributed by atoms with Crippen LogP contribution in [-0.4, -0.2) is 24.8 Å². The summed E-state index contributed by atoms with van der Waals surface area (Å²) in [6.45, 7) is 0. The second-order valence-corrected chi connectivity index (χ2v) is 4.27. The Balaban J connectivity index is 2.10. The predicted molar refractivity (Wildman–Crippen MR) is 67.3 cm³/mol. The third kappa shape index (κ3) is 3.16. The van der Waals surface area contributed by atoms with Gasteiger partial charge in [0.2, 0.25) is 0 Å². The molecule has 1 aliphatic rings. The van der Waals surface area contributed by atoms with Crippen LogP contribution in [0.5, 0.6) is 0 Å². The van der Waals surface area contributed by atoms with E-state index in [2.05, 4.69) is 21.9 Å². The molecule has 17 heavy (non-hydrogen) atoms. The maximum atomic E-state index is 11.2. The largest absolute Gasteiger partial charge is 0.469 e. The van der Waals surface area contributed by atoms with Crippen molar-refractivity contribution in [3.8, 4) is 0 Å². The van der Waals surface area contributed by atoms with Crippen molar-refractivity contribution in [2.24, 2.45) is 4.99 Å². The molecule has 0 bridgehead atoms. The van der Waals surface area contributed by atoms with Crippen LogP contribution in [-0.2, 0) is 9.53 Å². The number of nitrogens with zero attached hydrogens (tertiary/aromatic N) is 1. The number of methoxy groups -OCH3 is 1. The van der Waals surface area contributed by atoms with Crippen molar-refractivity contribution in [2.45, 2.75) is 31.7 Å². The molecule has 0 spiro atoms. The second-order valence-electron chi connectivity index (χ2n) is 4.27. The third-order valence-electron chi connectivity index (χ3n) is 3.03. The van der Waals surface area contributed by atoms with Gasteiger partial charge in [-0.2, -0.15) is 0 Å². The summed E-state index contributed by atoms with van der Waals surface area (Å²) in [5.41, 5.74) is 2.29. The van der Waals surface area contributed by atoms with Gasteiger partial charge in [-0.25, -0.2) is 0 Å². The zero-order chi connectivity index (χ0) is 12.1. The van der Waals surface area contributed by atoms with E-state index in [0.29, 0.717) is 6.42 Å². The van der Waals surface area contributed by atoms with Crippen molar-refractivity contribution in [1.82, 2.24) is 0 Å². The molecular weight excluding hydrogens is 214 g/mol. The smallest absolute Gasteiger partial charge is 0.307 e. The number of ether oxygens (including phenoxy) is 1. The van der Waals surface area contributed by atoms with Crippen molar-refractivity contribution in [1.29, 1.82) is 0 Å². The number of hydrogen-bond acceptors (Lipinski definition) is 3. The molecular formula is C14H17NO2. The Kier molecular flexibility index (Phi) is 3.91. The molecule has 0 saturated heterocycles. The van der Waals surface area contributed by atoms with Crippen LogP contribution in [0.2, 0.25) is 0 Å². The first-order valence-corrected chi connectivity index (χ1v) is 5.98. The minimum absolute atomic E-state index is 0.0893. The number of rotatable bonds is 3. The predicted octanol–water partition coefficient (Wildman–Crippen LogP) is 2.59. The Hall–Kier alpha value is -1.64. The summed E-state index contributed by atoms with van der Waals surface area (Å²) in [6, 6.07) is 10.3. The van der Waals surface area contributed by atoms with Gasteiger partial charge in [-0.15, -0.1) is 0 Å². The molecule has 1 unspecified atom stereocenters. The molecule has 0 radical (unpaired) electrons. The van der Waals surface area contributed by atoms with Crippen molar-refractivity contribution in [3.63, 3.8) is 0 Å². The maximum absolute atomic E-state index is 11.2. The molecule has 90 valence electrons. The maximum Gasteiger partial charge on any atom is 0.307 e. The number of aliphatic imine (C=N–C) groups is 1. The van der Waals surface area contributed by atoms with Crippen LogP contribution in [0.25, 0.3) is 0 Å². The number of benzene rings is 1. The summed E-state index contributed by atoms with van der Waals surface area (Å²) < 4.78 is 4.69. The highest BCUT2D eigenvalue weighted by Gasteiger charge is 2.19. The van der Waals surface area contributed by atoms with Crippen LogP contribution in [0.15, 0.2) is 35.3 Å². The molecule has 2 rings (SSSR count). The normalized spacial score (nSPS) is 19.6. The van der Waals surface area contributed by atoms with Gasteiger partial charge < -0.3 is 4.74 Å². The zero-order valence-corrected chi connectivity index (χ0v) is 10.1. The molecule has 0 aliphatic carbocycles. The molecule has 3 nitrogen and oxygen atoms in total. The Morgan fingerprint density at radius 2 is 2.18 bits per heavy atom. The van der Waals surface area contributed by atoms with Gasteiger partial charge in [0.05, 0.1) is 19.6 Å². The van der Waals surface area contributed by atoms with Crippen LogP contribution < -0.4 is 0 Å². The van der Waals surface area contributed by atoms with Crippen LogP contribution in [0.3, 0.4) is 0 Å².